The van der Waals surface area contributed by atoms with Gasteiger partial charge in [0.15, 0.2) is 0 Å². The van der Waals surface area contributed by atoms with Crippen molar-refractivity contribution >= 4 is 28.6 Å². The molecule has 8 nitrogen and oxygen atoms in total. The van der Waals surface area contributed by atoms with Crippen LogP contribution in [0.15, 0.2) is 24.3 Å². The van der Waals surface area contributed by atoms with Gasteiger partial charge in [-0.25, -0.2) is 4.79 Å². The zero-order valence-corrected chi connectivity index (χ0v) is 14.2. The van der Waals surface area contributed by atoms with E-state index in [2.05, 4.69) is 10.3 Å². The molecule has 1 aromatic carbocycles. The lowest BCUT2D eigenvalue weighted by atomic mass is 9.93. The maximum atomic E-state index is 12.5. The number of nitrogen functional groups attached to an aromatic ring is 1. The number of ether oxygens (including phenoxy) is 1. The van der Waals surface area contributed by atoms with Crippen LogP contribution in [0.2, 0.25) is 0 Å². The van der Waals surface area contributed by atoms with E-state index in [4.69, 9.17) is 21.0 Å². The van der Waals surface area contributed by atoms with Crippen LogP contribution in [0.1, 0.15) is 41.7 Å². The molecule has 1 aliphatic carbocycles. The highest BCUT2D eigenvalue weighted by atomic mass is 16.5. The van der Waals surface area contributed by atoms with E-state index in [0.717, 1.165) is 36.6 Å². The molecule has 138 valence electrons. The quantitative estimate of drug-likeness (QED) is 0.394. The number of aromatic amines is 1. The van der Waals surface area contributed by atoms with Crippen LogP contribution in [0.4, 0.5) is 0 Å². The molecule has 1 amide bonds. The van der Waals surface area contributed by atoms with E-state index < -0.39 is 5.97 Å². The molecule has 1 fully saturated rings. The fourth-order valence-corrected chi connectivity index (χ4v) is 3.24. The molecule has 1 aromatic heterocycles. The van der Waals surface area contributed by atoms with Crippen molar-refractivity contribution in [2.45, 2.75) is 37.8 Å². The van der Waals surface area contributed by atoms with Gasteiger partial charge in [0.1, 0.15) is 18.1 Å². The summed E-state index contributed by atoms with van der Waals surface area (Å²) in [6.45, 7) is -0.279. The summed E-state index contributed by atoms with van der Waals surface area (Å²) in [5.41, 5.74) is 7.32. The highest BCUT2D eigenvalue weighted by Crippen LogP contribution is 2.22. The predicted molar refractivity (Wildman–Crippen MR) is 96.4 cm³/mol. The smallest absolute Gasteiger partial charge is 0.329 e. The lowest BCUT2D eigenvalue weighted by molar-refractivity contribution is -0.145. The van der Waals surface area contributed by atoms with E-state index in [1.54, 1.807) is 18.2 Å². The van der Waals surface area contributed by atoms with E-state index in [9.17, 15) is 9.59 Å². The monoisotopic (exact) mass is 358 g/mol. The van der Waals surface area contributed by atoms with Gasteiger partial charge in [0.25, 0.3) is 5.91 Å². The number of H-pyrrole nitrogens is 1. The summed E-state index contributed by atoms with van der Waals surface area (Å²) >= 11 is 0. The molecule has 0 radical (unpaired) electrons. The first-order chi connectivity index (χ1) is 12.4. The highest BCUT2D eigenvalue weighted by Gasteiger charge is 2.24. The molecule has 1 saturated carbocycles. The second kappa shape index (κ2) is 7.57. The molecule has 26 heavy (non-hydrogen) atoms. The van der Waals surface area contributed by atoms with Crippen molar-refractivity contribution in [2.75, 3.05) is 6.61 Å². The zero-order valence-electron chi connectivity index (χ0n) is 14.2. The number of aromatic nitrogens is 1. The Morgan fingerprint density at radius 3 is 2.65 bits per heavy atom. The van der Waals surface area contributed by atoms with Gasteiger partial charge in [-0.15, -0.1) is 0 Å². The van der Waals surface area contributed by atoms with Gasteiger partial charge in [-0.05, 0) is 37.8 Å². The van der Waals surface area contributed by atoms with Gasteiger partial charge in [0.05, 0.1) is 6.10 Å². The number of amidine groups is 1. The number of carboxylic acids is 1. The van der Waals surface area contributed by atoms with Crippen molar-refractivity contribution in [3.8, 4) is 0 Å². The Morgan fingerprint density at radius 2 is 2.00 bits per heavy atom. The summed E-state index contributed by atoms with van der Waals surface area (Å²) < 4.78 is 5.31. The second-order valence-electron chi connectivity index (χ2n) is 6.55. The molecule has 1 heterocycles. The number of carbonyl (C=O) groups is 2. The number of amides is 1. The molecule has 0 bridgehead atoms. The van der Waals surface area contributed by atoms with Gasteiger partial charge < -0.3 is 25.9 Å². The van der Waals surface area contributed by atoms with E-state index in [-0.39, 0.29) is 30.5 Å². The average molecular weight is 358 g/mol. The van der Waals surface area contributed by atoms with Crippen LogP contribution in [0.3, 0.4) is 0 Å². The Hall–Kier alpha value is -2.87. The van der Waals surface area contributed by atoms with Crippen LogP contribution >= 0.6 is 0 Å². The number of nitrogens with one attached hydrogen (secondary N) is 3. The Labute approximate surface area is 150 Å². The van der Waals surface area contributed by atoms with Crippen molar-refractivity contribution < 1.29 is 19.4 Å². The number of fused-ring (bicyclic) bond motifs is 1. The Bertz CT molecular complexity index is 837. The standard InChI is InChI=1S/C18H22N4O4/c19-17(20)11-2-1-10-7-15(22-14(10)8-11)18(25)21-12-3-5-13(6-4-12)26-9-16(23)24/h1-2,7-8,12-13,22H,3-6,9H2,(H3,19,20)(H,21,25)(H,23,24). The molecule has 3 rings (SSSR count). The van der Waals surface area contributed by atoms with Gasteiger partial charge in [0.2, 0.25) is 0 Å². The summed E-state index contributed by atoms with van der Waals surface area (Å²) in [4.78, 5) is 26.1. The predicted octanol–water partition coefficient (Wildman–Crippen LogP) is 1.59. The zero-order chi connectivity index (χ0) is 18.7. The number of carboxylic acid groups (broad SMARTS) is 1. The van der Waals surface area contributed by atoms with Crippen molar-refractivity contribution in [3.05, 3.63) is 35.5 Å². The van der Waals surface area contributed by atoms with E-state index in [1.165, 1.54) is 0 Å². The molecule has 0 spiro atoms. The SMILES string of the molecule is N=C(N)c1ccc2cc(C(=O)NC3CCC(OCC(=O)O)CC3)[nH]c2c1. The summed E-state index contributed by atoms with van der Waals surface area (Å²) in [5.74, 6) is -1.16. The van der Waals surface area contributed by atoms with Gasteiger partial charge in [-0.1, -0.05) is 12.1 Å². The molecule has 0 aliphatic heterocycles. The normalized spacial score (nSPS) is 20.0. The van der Waals surface area contributed by atoms with Crippen molar-refractivity contribution in [3.63, 3.8) is 0 Å². The summed E-state index contributed by atoms with van der Waals surface area (Å²) in [7, 11) is 0. The first-order valence-electron chi connectivity index (χ1n) is 8.54. The number of hydrogen-bond donors (Lipinski definition) is 5. The van der Waals surface area contributed by atoms with Gasteiger partial charge in [-0.2, -0.15) is 0 Å². The third-order valence-corrected chi connectivity index (χ3v) is 4.63. The molecule has 1 aliphatic rings. The fraction of sp³-hybridized carbons (Fsp3) is 0.389. The highest BCUT2D eigenvalue weighted by molar-refractivity contribution is 6.01. The maximum absolute atomic E-state index is 12.5. The number of rotatable bonds is 6. The number of aliphatic carboxylic acids is 1. The molecular weight excluding hydrogens is 336 g/mol. The molecule has 6 N–H and O–H groups in total. The van der Waals surface area contributed by atoms with E-state index >= 15 is 0 Å². The minimum atomic E-state index is -0.966. The van der Waals surface area contributed by atoms with Gasteiger partial charge in [0, 0.05) is 22.5 Å². The molecule has 0 unspecified atom stereocenters. The molecule has 0 saturated heterocycles. The minimum absolute atomic E-state index is 0.0191. The number of hydrogen-bond acceptors (Lipinski definition) is 4. The maximum Gasteiger partial charge on any atom is 0.329 e. The van der Waals surface area contributed by atoms with Crippen molar-refractivity contribution in [1.29, 1.82) is 5.41 Å². The fourth-order valence-electron chi connectivity index (χ4n) is 3.24. The largest absolute Gasteiger partial charge is 0.480 e. The number of carbonyl (C=O) groups excluding carboxylic acids is 1. The topological polar surface area (TPSA) is 141 Å². The third kappa shape index (κ3) is 4.20. The van der Waals surface area contributed by atoms with Crippen LogP contribution in [0.25, 0.3) is 10.9 Å². The summed E-state index contributed by atoms with van der Waals surface area (Å²) in [6, 6.07) is 7.14. The lowest BCUT2D eigenvalue weighted by Crippen LogP contribution is -2.39. The van der Waals surface area contributed by atoms with Crippen LogP contribution in [-0.2, 0) is 9.53 Å². The number of benzene rings is 1. The first kappa shape index (κ1) is 17.9. The van der Waals surface area contributed by atoms with E-state index in [0.29, 0.717) is 11.3 Å². The third-order valence-electron chi connectivity index (χ3n) is 4.63. The van der Waals surface area contributed by atoms with Crippen LogP contribution < -0.4 is 11.1 Å². The first-order valence-corrected chi connectivity index (χ1v) is 8.54. The average Bonchev–Trinajstić information content (AvgIpc) is 3.04. The van der Waals surface area contributed by atoms with Crippen LogP contribution in [-0.4, -0.2) is 46.6 Å². The van der Waals surface area contributed by atoms with Crippen LogP contribution in [0, 0.1) is 5.41 Å². The lowest BCUT2D eigenvalue weighted by Gasteiger charge is -2.28. The molecular formula is C18H22N4O4. The van der Waals surface area contributed by atoms with E-state index in [1.807, 2.05) is 6.07 Å². The summed E-state index contributed by atoms with van der Waals surface area (Å²) in [5, 5.41) is 20.0. The minimum Gasteiger partial charge on any atom is -0.480 e. The Kier molecular flexibility index (Phi) is 5.22. The molecule has 0 atom stereocenters. The Morgan fingerprint density at radius 1 is 1.27 bits per heavy atom. The van der Waals surface area contributed by atoms with Crippen LogP contribution in [0.5, 0.6) is 0 Å². The summed E-state index contributed by atoms with van der Waals surface area (Å²) in [6.07, 6.45) is 2.91. The Balaban J connectivity index is 1.58. The van der Waals surface area contributed by atoms with Gasteiger partial charge in [-0.3, -0.25) is 10.2 Å². The number of nitrogens with two attached hydrogens (primary N) is 1. The molecule has 2 aromatic rings. The molecule has 8 heteroatoms. The van der Waals surface area contributed by atoms with Gasteiger partial charge >= 0.3 is 5.97 Å². The van der Waals surface area contributed by atoms with Crippen molar-refractivity contribution in [2.24, 2.45) is 5.73 Å². The van der Waals surface area contributed by atoms with Crippen molar-refractivity contribution in [1.82, 2.24) is 10.3 Å². The second-order valence-corrected chi connectivity index (χ2v) is 6.55.